The predicted molar refractivity (Wildman–Crippen MR) is 89.4 cm³/mol. The van der Waals surface area contributed by atoms with Gasteiger partial charge in [0.25, 0.3) is 5.91 Å². The van der Waals surface area contributed by atoms with Gasteiger partial charge in [-0.2, -0.15) is 0 Å². The second-order valence-electron chi connectivity index (χ2n) is 5.46. The summed E-state index contributed by atoms with van der Waals surface area (Å²) in [5, 5.41) is 2.24. The van der Waals surface area contributed by atoms with E-state index in [1.165, 1.54) is 19.1 Å². The van der Waals surface area contributed by atoms with Gasteiger partial charge in [-0.3, -0.25) is 4.79 Å². The van der Waals surface area contributed by atoms with E-state index in [0.717, 1.165) is 5.56 Å². The molecule has 1 atom stereocenters. The first-order chi connectivity index (χ1) is 12.3. The van der Waals surface area contributed by atoms with Gasteiger partial charge >= 0.3 is 5.97 Å². The van der Waals surface area contributed by atoms with Crippen LogP contribution in [-0.2, 0) is 16.0 Å². The highest BCUT2D eigenvalue weighted by Gasteiger charge is 2.22. The highest BCUT2D eigenvalue weighted by molar-refractivity contribution is 6.33. The number of carbonyl (C=O) groups excluding carboxylic acids is 2. The molecule has 0 unspecified atom stereocenters. The van der Waals surface area contributed by atoms with Crippen molar-refractivity contribution >= 4 is 23.5 Å². The van der Waals surface area contributed by atoms with Gasteiger partial charge in [-0.25, -0.2) is 18.0 Å². The molecule has 0 spiro atoms. The lowest BCUT2D eigenvalue weighted by Gasteiger charge is -2.14. The van der Waals surface area contributed by atoms with E-state index in [4.69, 9.17) is 16.3 Å². The highest BCUT2D eigenvalue weighted by atomic mass is 35.5. The Labute approximate surface area is 152 Å². The van der Waals surface area contributed by atoms with Crippen LogP contribution >= 0.6 is 11.6 Å². The molecule has 138 valence electrons. The Kier molecular flexibility index (Phi) is 6.63. The Hall–Kier alpha value is -2.54. The average molecular weight is 386 g/mol. The number of nitrogens with one attached hydrogen (secondary N) is 1. The first kappa shape index (κ1) is 19.8. The van der Waals surface area contributed by atoms with Gasteiger partial charge in [0.15, 0.2) is 17.7 Å². The third-order valence-corrected chi connectivity index (χ3v) is 3.82. The largest absolute Gasteiger partial charge is 0.449 e. The molecule has 0 radical (unpaired) electrons. The molecule has 26 heavy (non-hydrogen) atoms. The van der Waals surface area contributed by atoms with Crippen LogP contribution in [0, 0.1) is 17.5 Å². The van der Waals surface area contributed by atoms with Crippen molar-refractivity contribution < 1.29 is 27.5 Å². The standard InChI is InChI=1S/C18H15ClF3NO3/c1-10(17(24)23-7-6-11-2-4-12(20)5-3-11)26-18(25)13-8-15(21)16(22)9-14(13)19/h2-5,8-10H,6-7H2,1H3,(H,23,24)/t10-/m1/s1. The minimum atomic E-state index is -1.25. The summed E-state index contributed by atoms with van der Waals surface area (Å²) in [5.74, 6) is -4.42. The van der Waals surface area contributed by atoms with Crippen LogP contribution in [0.15, 0.2) is 36.4 Å². The number of ether oxygens (including phenoxy) is 1. The maximum Gasteiger partial charge on any atom is 0.340 e. The van der Waals surface area contributed by atoms with Crippen LogP contribution in [0.2, 0.25) is 5.02 Å². The fraction of sp³-hybridized carbons (Fsp3) is 0.222. The quantitative estimate of drug-likeness (QED) is 0.610. The van der Waals surface area contributed by atoms with Gasteiger partial charge in [-0.05, 0) is 43.2 Å². The number of benzene rings is 2. The zero-order chi connectivity index (χ0) is 19.3. The summed E-state index contributed by atoms with van der Waals surface area (Å²) in [6.45, 7) is 1.58. The number of hydrogen-bond acceptors (Lipinski definition) is 3. The fourth-order valence-corrected chi connectivity index (χ4v) is 2.31. The van der Waals surface area contributed by atoms with Crippen molar-refractivity contribution in [3.05, 3.63) is 70.0 Å². The van der Waals surface area contributed by atoms with Gasteiger partial charge in [0.2, 0.25) is 0 Å². The Morgan fingerprint density at radius 3 is 2.38 bits per heavy atom. The van der Waals surface area contributed by atoms with Crippen molar-refractivity contribution in [1.29, 1.82) is 0 Å². The molecule has 4 nitrogen and oxygen atoms in total. The van der Waals surface area contributed by atoms with E-state index in [-0.39, 0.29) is 22.9 Å². The zero-order valence-corrected chi connectivity index (χ0v) is 14.4. The summed E-state index contributed by atoms with van der Waals surface area (Å²) < 4.78 is 44.0. The summed E-state index contributed by atoms with van der Waals surface area (Å²) in [7, 11) is 0. The van der Waals surface area contributed by atoms with E-state index in [1.807, 2.05) is 0 Å². The summed E-state index contributed by atoms with van der Waals surface area (Å²) >= 11 is 5.69. The molecule has 2 rings (SSSR count). The van der Waals surface area contributed by atoms with E-state index >= 15 is 0 Å². The molecule has 0 aliphatic rings. The molecule has 1 amide bonds. The SMILES string of the molecule is C[C@@H](OC(=O)c1cc(F)c(F)cc1Cl)C(=O)NCCc1ccc(F)cc1. The van der Waals surface area contributed by atoms with E-state index in [1.54, 1.807) is 12.1 Å². The number of esters is 1. The minimum absolute atomic E-state index is 0.248. The molecule has 1 N–H and O–H groups in total. The summed E-state index contributed by atoms with van der Waals surface area (Å²) in [4.78, 5) is 23.9. The molecule has 0 fully saturated rings. The minimum Gasteiger partial charge on any atom is -0.449 e. The molecule has 0 saturated heterocycles. The van der Waals surface area contributed by atoms with Crippen molar-refractivity contribution in [1.82, 2.24) is 5.32 Å². The van der Waals surface area contributed by atoms with Crippen molar-refractivity contribution in [3.8, 4) is 0 Å². The van der Waals surface area contributed by atoms with Crippen molar-refractivity contribution in [2.45, 2.75) is 19.4 Å². The summed E-state index contributed by atoms with van der Waals surface area (Å²) in [5.41, 5.74) is 0.446. The molecule has 0 aliphatic carbocycles. The second kappa shape index (κ2) is 8.71. The van der Waals surface area contributed by atoms with Gasteiger partial charge in [-0.1, -0.05) is 23.7 Å². The first-order valence-corrected chi connectivity index (χ1v) is 8.03. The molecular weight excluding hydrogens is 371 g/mol. The topological polar surface area (TPSA) is 55.4 Å². The lowest BCUT2D eigenvalue weighted by Crippen LogP contribution is -2.37. The molecular formula is C18H15ClF3NO3. The molecule has 2 aromatic carbocycles. The van der Waals surface area contributed by atoms with Crippen LogP contribution < -0.4 is 5.32 Å². The molecule has 8 heteroatoms. The molecule has 0 aromatic heterocycles. The van der Waals surface area contributed by atoms with Gasteiger partial charge in [0.1, 0.15) is 5.82 Å². The maximum absolute atomic E-state index is 13.2. The van der Waals surface area contributed by atoms with Gasteiger partial charge in [-0.15, -0.1) is 0 Å². The number of halogens is 4. The molecule has 0 aliphatic heterocycles. The lowest BCUT2D eigenvalue weighted by atomic mass is 10.1. The maximum atomic E-state index is 13.2. The Balaban J connectivity index is 1.87. The Morgan fingerprint density at radius 2 is 1.73 bits per heavy atom. The predicted octanol–water partition coefficient (Wildman–Crippen LogP) is 3.66. The van der Waals surface area contributed by atoms with Gasteiger partial charge < -0.3 is 10.1 Å². The van der Waals surface area contributed by atoms with E-state index in [9.17, 15) is 22.8 Å². The Bertz CT molecular complexity index is 812. The number of carbonyl (C=O) groups is 2. The number of amides is 1. The Morgan fingerprint density at radius 1 is 1.12 bits per heavy atom. The highest BCUT2D eigenvalue weighted by Crippen LogP contribution is 2.21. The molecule has 0 heterocycles. The molecule has 0 saturated carbocycles. The third kappa shape index (κ3) is 5.23. The zero-order valence-electron chi connectivity index (χ0n) is 13.7. The first-order valence-electron chi connectivity index (χ1n) is 7.65. The number of hydrogen-bond donors (Lipinski definition) is 1. The van der Waals surface area contributed by atoms with E-state index in [2.05, 4.69) is 5.32 Å². The average Bonchev–Trinajstić information content (AvgIpc) is 2.59. The summed E-state index contributed by atoms with van der Waals surface area (Å²) in [6, 6.07) is 7.08. The van der Waals surface area contributed by atoms with Crippen LogP contribution in [0.1, 0.15) is 22.8 Å². The van der Waals surface area contributed by atoms with Gasteiger partial charge in [0.05, 0.1) is 10.6 Å². The van der Waals surface area contributed by atoms with E-state index < -0.39 is 29.6 Å². The van der Waals surface area contributed by atoms with Crippen LogP contribution in [0.25, 0.3) is 0 Å². The van der Waals surface area contributed by atoms with Gasteiger partial charge in [0, 0.05) is 6.54 Å². The van der Waals surface area contributed by atoms with Crippen LogP contribution in [0.4, 0.5) is 13.2 Å². The monoisotopic (exact) mass is 385 g/mol. The smallest absolute Gasteiger partial charge is 0.340 e. The van der Waals surface area contributed by atoms with E-state index in [0.29, 0.717) is 18.6 Å². The fourth-order valence-electron chi connectivity index (χ4n) is 2.08. The van der Waals surface area contributed by atoms with Crippen molar-refractivity contribution in [3.63, 3.8) is 0 Å². The van der Waals surface area contributed by atoms with Crippen LogP contribution in [0.3, 0.4) is 0 Å². The molecule has 0 bridgehead atoms. The van der Waals surface area contributed by atoms with Crippen molar-refractivity contribution in [2.75, 3.05) is 6.54 Å². The van der Waals surface area contributed by atoms with Crippen molar-refractivity contribution in [2.24, 2.45) is 0 Å². The molecule has 2 aromatic rings. The normalized spacial score (nSPS) is 11.7. The third-order valence-electron chi connectivity index (χ3n) is 3.51. The lowest BCUT2D eigenvalue weighted by molar-refractivity contribution is -0.129. The summed E-state index contributed by atoms with van der Waals surface area (Å²) in [6.07, 6.45) is -0.707. The number of rotatable bonds is 6. The van der Waals surface area contributed by atoms with Crippen LogP contribution in [-0.4, -0.2) is 24.5 Å². The second-order valence-corrected chi connectivity index (χ2v) is 5.87. The van der Waals surface area contributed by atoms with Crippen LogP contribution in [0.5, 0.6) is 0 Å².